The molecular weight excluding hydrogens is 331 g/mol. The zero-order valence-electron chi connectivity index (χ0n) is 12.9. The van der Waals surface area contributed by atoms with Crippen molar-refractivity contribution in [1.29, 1.82) is 0 Å². The summed E-state index contributed by atoms with van der Waals surface area (Å²) in [5.74, 6) is -0.849. The van der Waals surface area contributed by atoms with E-state index < -0.39 is 5.97 Å². The minimum Gasteiger partial charge on any atom is -0.461 e. The average Bonchev–Trinajstić information content (AvgIpc) is 3.02. The monoisotopic (exact) mass is 344 g/mol. The van der Waals surface area contributed by atoms with E-state index in [0.717, 1.165) is 5.56 Å². The summed E-state index contributed by atoms with van der Waals surface area (Å²) in [6, 6.07) is 14.7. The van der Waals surface area contributed by atoms with Crippen LogP contribution in [0.2, 0.25) is 5.02 Å². The molecule has 3 rings (SSSR count). The Kier molecular flexibility index (Phi) is 4.62. The van der Waals surface area contributed by atoms with Gasteiger partial charge in [0.15, 0.2) is 5.69 Å². The van der Waals surface area contributed by atoms with Crippen LogP contribution in [0.5, 0.6) is 0 Å². The van der Waals surface area contributed by atoms with Gasteiger partial charge in [0.2, 0.25) is 0 Å². The number of rotatable bonds is 4. The highest BCUT2D eigenvalue weighted by atomic mass is 35.5. The summed E-state index contributed by atoms with van der Waals surface area (Å²) in [5, 5.41) is 4.92. The molecule has 0 unspecified atom stereocenters. The summed E-state index contributed by atoms with van der Waals surface area (Å²) in [5.41, 5.74) is 2.33. The highest BCUT2D eigenvalue weighted by Crippen LogP contribution is 2.26. The van der Waals surface area contributed by atoms with Gasteiger partial charge in [0.05, 0.1) is 18.0 Å². The first-order chi connectivity index (χ1) is 11.6. The van der Waals surface area contributed by atoms with E-state index in [1.54, 1.807) is 41.9 Å². The number of ether oxygens (including phenoxy) is 1. The van der Waals surface area contributed by atoms with Crippen LogP contribution in [0.1, 0.15) is 17.4 Å². The Labute approximate surface area is 143 Å². The van der Waals surface area contributed by atoms with Crippen LogP contribution in [0.4, 0.5) is 4.39 Å². The summed E-state index contributed by atoms with van der Waals surface area (Å²) in [4.78, 5) is 12.0. The van der Waals surface area contributed by atoms with Gasteiger partial charge in [-0.05, 0) is 49.4 Å². The lowest BCUT2D eigenvalue weighted by molar-refractivity contribution is 0.0519. The molecule has 0 spiro atoms. The Morgan fingerprint density at radius 1 is 1.17 bits per heavy atom. The molecule has 122 valence electrons. The topological polar surface area (TPSA) is 44.1 Å². The molecule has 0 saturated heterocycles. The second-order valence-electron chi connectivity index (χ2n) is 5.03. The molecule has 6 heteroatoms. The third-order valence-electron chi connectivity index (χ3n) is 3.41. The van der Waals surface area contributed by atoms with Crippen LogP contribution in [0, 0.1) is 5.82 Å². The van der Waals surface area contributed by atoms with Crippen LogP contribution in [-0.4, -0.2) is 22.4 Å². The van der Waals surface area contributed by atoms with Gasteiger partial charge < -0.3 is 4.74 Å². The normalized spacial score (nSPS) is 10.6. The van der Waals surface area contributed by atoms with Gasteiger partial charge >= 0.3 is 5.97 Å². The number of nitrogens with zero attached hydrogens (tertiary/aromatic N) is 2. The van der Waals surface area contributed by atoms with E-state index in [0.29, 0.717) is 16.4 Å². The SMILES string of the molecule is CCOC(=O)c1cc(-c2ccc(Cl)cc2)n(-c2ccc(F)cc2)n1. The van der Waals surface area contributed by atoms with E-state index in [-0.39, 0.29) is 18.1 Å². The number of carbonyl (C=O) groups is 1. The Bertz CT molecular complexity index is 795. The van der Waals surface area contributed by atoms with Gasteiger partial charge in [-0.3, -0.25) is 0 Å². The number of carbonyl (C=O) groups excluding carboxylic acids is 1. The first kappa shape index (κ1) is 16.2. The van der Waals surface area contributed by atoms with E-state index in [1.807, 2.05) is 12.1 Å². The minimum absolute atomic E-state index is 0.186. The number of halogens is 2. The van der Waals surface area contributed by atoms with E-state index >= 15 is 0 Å². The minimum atomic E-state index is -0.506. The van der Waals surface area contributed by atoms with Crippen molar-refractivity contribution in [1.82, 2.24) is 9.78 Å². The molecule has 0 N–H and O–H groups in total. The smallest absolute Gasteiger partial charge is 0.358 e. The van der Waals surface area contributed by atoms with Crippen LogP contribution >= 0.6 is 11.6 Å². The van der Waals surface area contributed by atoms with Crippen molar-refractivity contribution >= 4 is 17.6 Å². The van der Waals surface area contributed by atoms with E-state index in [2.05, 4.69) is 5.10 Å². The lowest BCUT2D eigenvalue weighted by atomic mass is 10.1. The number of benzene rings is 2. The fourth-order valence-electron chi connectivity index (χ4n) is 2.29. The first-order valence-corrected chi connectivity index (χ1v) is 7.75. The molecule has 0 aliphatic heterocycles. The maximum atomic E-state index is 13.2. The molecule has 24 heavy (non-hydrogen) atoms. The van der Waals surface area contributed by atoms with Gasteiger partial charge in [0.1, 0.15) is 5.82 Å². The predicted molar refractivity (Wildman–Crippen MR) is 89.9 cm³/mol. The van der Waals surface area contributed by atoms with Crippen molar-refractivity contribution in [3.63, 3.8) is 0 Å². The molecule has 0 saturated carbocycles. The summed E-state index contributed by atoms with van der Waals surface area (Å²) in [6.45, 7) is 1.99. The van der Waals surface area contributed by atoms with Crippen molar-refractivity contribution in [2.24, 2.45) is 0 Å². The molecule has 2 aromatic carbocycles. The number of hydrogen-bond donors (Lipinski definition) is 0. The molecule has 0 aliphatic rings. The molecule has 4 nitrogen and oxygen atoms in total. The molecule has 1 aromatic heterocycles. The third-order valence-corrected chi connectivity index (χ3v) is 3.66. The van der Waals surface area contributed by atoms with Crippen molar-refractivity contribution in [3.05, 3.63) is 71.1 Å². The van der Waals surface area contributed by atoms with Gasteiger partial charge in [-0.15, -0.1) is 0 Å². The maximum absolute atomic E-state index is 13.2. The number of esters is 1. The van der Waals surface area contributed by atoms with Crippen LogP contribution in [0.3, 0.4) is 0 Å². The van der Waals surface area contributed by atoms with Gasteiger partial charge in [0.25, 0.3) is 0 Å². The number of aromatic nitrogens is 2. The maximum Gasteiger partial charge on any atom is 0.358 e. The van der Waals surface area contributed by atoms with E-state index in [4.69, 9.17) is 16.3 Å². The lowest BCUT2D eigenvalue weighted by Gasteiger charge is -2.07. The Morgan fingerprint density at radius 3 is 2.46 bits per heavy atom. The van der Waals surface area contributed by atoms with E-state index in [9.17, 15) is 9.18 Å². The van der Waals surface area contributed by atoms with Crippen molar-refractivity contribution in [2.75, 3.05) is 6.61 Å². The quantitative estimate of drug-likeness (QED) is 0.654. The number of hydrogen-bond acceptors (Lipinski definition) is 3. The first-order valence-electron chi connectivity index (χ1n) is 7.37. The van der Waals surface area contributed by atoms with Crippen LogP contribution in [0.15, 0.2) is 54.6 Å². The molecule has 0 amide bonds. The van der Waals surface area contributed by atoms with Crippen molar-refractivity contribution in [2.45, 2.75) is 6.92 Å². The second-order valence-corrected chi connectivity index (χ2v) is 5.47. The summed E-state index contributed by atoms with van der Waals surface area (Å²) in [6.07, 6.45) is 0. The van der Waals surface area contributed by atoms with Crippen molar-refractivity contribution < 1.29 is 13.9 Å². The molecule has 0 atom stereocenters. The third kappa shape index (κ3) is 3.31. The summed E-state index contributed by atoms with van der Waals surface area (Å²) >= 11 is 5.93. The van der Waals surface area contributed by atoms with Gasteiger partial charge in [0, 0.05) is 10.6 Å². The van der Waals surface area contributed by atoms with Crippen LogP contribution in [-0.2, 0) is 4.74 Å². The molecular formula is C18H14ClFN2O2. The molecule has 3 aromatic rings. The predicted octanol–water partition coefficient (Wildman–Crippen LogP) is 4.51. The van der Waals surface area contributed by atoms with E-state index in [1.165, 1.54) is 12.1 Å². The van der Waals surface area contributed by atoms with Gasteiger partial charge in [-0.1, -0.05) is 23.7 Å². The molecule has 0 fully saturated rings. The molecule has 0 aliphatic carbocycles. The van der Waals surface area contributed by atoms with Crippen LogP contribution < -0.4 is 0 Å². The van der Waals surface area contributed by atoms with Crippen molar-refractivity contribution in [3.8, 4) is 16.9 Å². The average molecular weight is 345 g/mol. The van der Waals surface area contributed by atoms with Crippen LogP contribution in [0.25, 0.3) is 16.9 Å². The van der Waals surface area contributed by atoms with Gasteiger partial charge in [-0.25, -0.2) is 13.9 Å². The summed E-state index contributed by atoms with van der Waals surface area (Å²) in [7, 11) is 0. The standard InChI is InChI=1S/C18H14ClFN2O2/c1-2-24-18(23)16-11-17(12-3-5-13(19)6-4-12)22(21-16)15-9-7-14(20)8-10-15/h3-11H,2H2,1H3. The zero-order valence-corrected chi connectivity index (χ0v) is 13.6. The Morgan fingerprint density at radius 2 is 1.83 bits per heavy atom. The largest absolute Gasteiger partial charge is 0.461 e. The fraction of sp³-hybridized carbons (Fsp3) is 0.111. The molecule has 1 heterocycles. The van der Waals surface area contributed by atoms with Gasteiger partial charge in [-0.2, -0.15) is 5.10 Å². The highest BCUT2D eigenvalue weighted by Gasteiger charge is 2.17. The summed E-state index contributed by atoms with van der Waals surface area (Å²) < 4.78 is 19.8. The molecule has 0 radical (unpaired) electrons. The molecule has 0 bridgehead atoms. The zero-order chi connectivity index (χ0) is 17.1. The highest BCUT2D eigenvalue weighted by molar-refractivity contribution is 6.30. The lowest BCUT2D eigenvalue weighted by Crippen LogP contribution is -2.06. The Balaban J connectivity index is 2.12. The second kappa shape index (κ2) is 6.84. The fourth-order valence-corrected chi connectivity index (χ4v) is 2.42. The Hall–Kier alpha value is -2.66.